The number of amides is 2. The fourth-order valence-corrected chi connectivity index (χ4v) is 6.49. The molecule has 0 fully saturated rings. The third-order valence-electron chi connectivity index (χ3n) is 6.46. The van der Waals surface area contributed by atoms with Gasteiger partial charge in [0.1, 0.15) is 10.6 Å². The number of hydrogen-bond acceptors (Lipinski definition) is 7. The van der Waals surface area contributed by atoms with Crippen molar-refractivity contribution >= 4 is 50.8 Å². The van der Waals surface area contributed by atoms with Crippen LogP contribution in [0.5, 0.6) is 0 Å². The molecule has 1 aliphatic rings. The second-order valence-electron chi connectivity index (χ2n) is 9.35. The number of thiophene rings is 1. The molecule has 0 aliphatic carbocycles. The van der Waals surface area contributed by atoms with Crippen molar-refractivity contribution in [1.29, 1.82) is 0 Å². The minimum absolute atomic E-state index is 0.0207. The van der Waals surface area contributed by atoms with Crippen molar-refractivity contribution in [3.8, 4) is 0 Å². The van der Waals surface area contributed by atoms with Gasteiger partial charge in [0.25, 0.3) is 5.56 Å². The third kappa shape index (κ3) is 5.35. The molecule has 2 amide bonds. The fraction of sp³-hybridized carbons (Fsp3) is 0.333. The van der Waals surface area contributed by atoms with Gasteiger partial charge in [0, 0.05) is 24.0 Å². The maximum atomic E-state index is 13.7. The van der Waals surface area contributed by atoms with Crippen LogP contribution in [0.4, 0.5) is 5.69 Å². The van der Waals surface area contributed by atoms with E-state index in [1.54, 1.807) is 28.7 Å². The molecule has 1 aliphatic heterocycles. The van der Waals surface area contributed by atoms with Gasteiger partial charge in [0.2, 0.25) is 11.8 Å². The van der Waals surface area contributed by atoms with E-state index in [-0.39, 0.29) is 29.7 Å². The van der Waals surface area contributed by atoms with Crippen LogP contribution < -0.4 is 10.9 Å². The lowest BCUT2D eigenvalue weighted by Crippen LogP contribution is -2.34. The molecule has 5 rings (SSSR count). The van der Waals surface area contributed by atoms with Gasteiger partial charge in [-0.2, -0.15) is 0 Å². The lowest BCUT2D eigenvalue weighted by Gasteiger charge is -2.25. The van der Waals surface area contributed by atoms with E-state index in [9.17, 15) is 14.4 Å². The van der Waals surface area contributed by atoms with Crippen molar-refractivity contribution in [2.75, 3.05) is 17.6 Å². The van der Waals surface area contributed by atoms with E-state index >= 15 is 0 Å². The molecular formula is C27H28N4O4S2. The number of anilines is 1. The predicted molar refractivity (Wildman–Crippen MR) is 146 cm³/mol. The summed E-state index contributed by atoms with van der Waals surface area (Å²) >= 11 is 2.68. The van der Waals surface area contributed by atoms with E-state index in [0.29, 0.717) is 46.6 Å². The summed E-state index contributed by atoms with van der Waals surface area (Å²) in [6, 6.07) is 11.4. The van der Waals surface area contributed by atoms with Gasteiger partial charge in [-0.25, -0.2) is 4.98 Å². The zero-order chi connectivity index (χ0) is 26.1. The van der Waals surface area contributed by atoms with Gasteiger partial charge in [-0.3, -0.25) is 19.0 Å². The van der Waals surface area contributed by atoms with Gasteiger partial charge < -0.3 is 14.6 Å². The molecule has 4 heterocycles. The minimum atomic E-state index is -0.177. The Morgan fingerprint density at radius 2 is 2.00 bits per heavy atom. The number of thioether (sulfide) groups is 1. The summed E-state index contributed by atoms with van der Waals surface area (Å²) in [6.07, 6.45) is 2.19. The number of carbonyl (C=O) groups is 2. The summed E-state index contributed by atoms with van der Waals surface area (Å²) in [7, 11) is 0. The lowest BCUT2D eigenvalue weighted by atomic mass is 10.0. The topological polar surface area (TPSA) is 97.4 Å². The molecule has 0 bridgehead atoms. The Morgan fingerprint density at radius 3 is 2.68 bits per heavy atom. The molecule has 8 nitrogen and oxygen atoms in total. The standard InChI is InChI=1S/C27H28N4O4S2/c1-16(2)18-6-8-19(9-7-18)28-23(33)15-36-27-29-25-24(26(34)31(27)13-20-5-4-12-35-20)21-10-11-30(17(3)32)14-22(21)37-25/h4-9,12,16H,10-11,13-15H2,1-3H3,(H,28,33). The first-order valence-electron chi connectivity index (χ1n) is 12.2. The molecule has 0 radical (unpaired) electrons. The molecule has 0 saturated heterocycles. The number of rotatable bonds is 7. The number of furan rings is 1. The summed E-state index contributed by atoms with van der Waals surface area (Å²) < 4.78 is 7.09. The smallest absolute Gasteiger partial charge is 0.263 e. The van der Waals surface area contributed by atoms with Crippen LogP contribution >= 0.6 is 23.1 Å². The van der Waals surface area contributed by atoms with Crippen molar-refractivity contribution in [2.45, 2.75) is 51.4 Å². The molecule has 4 aromatic rings. The average Bonchev–Trinajstić information content (AvgIpc) is 3.52. The van der Waals surface area contributed by atoms with Crippen LogP contribution in [0.25, 0.3) is 10.2 Å². The normalized spacial score (nSPS) is 13.2. The molecule has 37 heavy (non-hydrogen) atoms. The van der Waals surface area contributed by atoms with Crippen molar-refractivity contribution < 1.29 is 14.0 Å². The van der Waals surface area contributed by atoms with Gasteiger partial charge in [-0.15, -0.1) is 11.3 Å². The zero-order valence-corrected chi connectivity index (χ0v) is 22.6. The first kappa shape index (κ1) is 25.3. The van der Waals surface area contributed by atoms with Crippen molar-refractivity contribution in [3.05, 3.63) is 74.8 Å². The molecule has 1 aromatic carbocycles. The van der Waals surface area contributed by atoms with Crippen LogP contribution in [0, 0.1) is 0 Å². The quantitative estimate of drug-likeness (QED) is 0.268. The highest BCUT2D eigenvalue weighted by molar-refractivity contribution is 7.99. The maximum Gasteiger partial charge on any atom is 0.263 e. The molecule has 10 heteroatoms. The molecule has 0 spiro atoms. The highest BCUT2D eigenvalue weighted by atomic mass is 32.2. The van der Waals surface area contributed by atoms with Gasteiger partial charge in [0.15, 0.2) is 5.16 Å². The van der Waals surface area contributed by atoms with Gasteiger partial charge in [0.05, 0.1) is 30.5 Å². The third-order valence-corrected chi connectivity index (χ3v) is 8.55. The number of hydrogen-bond donors (Lipinski definition) is 1. The van der Waals surface area contributed by atoms with E-state index < -0.39 is 0 Å². The molecule has 3 aromatic heterocycles. The number of nitrogens with zero attached hydrogens (tertiary/aromatic N) is 3. The van der Waals surface area contributed by atoms with E-state index in [1.165, 1.54) is 28.7 Å². The van der Waals surface area contributed by atoms with Crippen LogP contribution in [0.1, 0.15) is 48.5 Å². The van der Waals surface area contributed by atoms with E-state index in [1.807, 2.05) is 30.3 Å². The number of fused-ring (bicyclic) bond motifs is 3. The molecule has 1 N–H and O–H groups in total. The number of benzene rings is 1. The summed E-state index contributed by atoms with van der Waals surface area (Å²) in [6.45, 7) is 7.11. The first-order valence-corrected chi connectivity index (χ1v) is 14.0. The number of aromatic nitrogens is 2. The molecule has 0 atom stereocenters. The van der Waals surface area contributed by atoms with Crippen LogP contribution in [0.2, 0.25) is 0 Å². The van der Waals surface area contributed by atoms with Crippen LogP contribution in [-0.2, 0) is 29.1 Å². The van der Waals surface area contributed by atoms with Crippen molar-refractivity contribution in [3.63, 3.8) is 0 Å². The largest absolute Gasteiger partial charge is 0.467 e. The highest BCUT2D eigenvalue weighted by Gasteiger charge is 2.26. The zero-order valence-electron chi connectivity index (χ0n) is 20.9. The summed E-state index contributed by atoms with van der Waals surface area (Å²) in [5.41, 5.74) is 2.76. The average molecular weight is 537 g/mol. The Labute approximate surface area is 222 Å². The van der Waals surface area contributed by atoms with Crippen molar-refractivity contribution in [1.82, 2.24) is 14.5 Å². The maximum absolute atomic E-state index is 13.7. The lowest BCUT2D eigenvalue weighted by molar-refractivity contribution is -0.129. The van der Waals surface area contributed by atoms with Crippen LogP contribution in [-0.4, -0.2) is 38.6 Å². The van der Waals surface area contributed by atoms with Crippen LogP contribution in [0.15, 0.2) is 57.0 Å². The molecule has 0 saturated carbocycles. The molecular weight excluding hydrogens is 508 g/mol. The predicted octanol–water partition coefficient (Wildman–Crippen LogP) is 4.86. The van der Waals surface area contributed by atoms with E-state index in [4.69, 9.17) is 9.40 Å². The molecule has 0 unspecified atom stereocenters. The first-order chi connectivity index (χ1) is 17.8. The Hall–Kier alpha value is -3.37. The minimum Gasteiger partial charge on any atom is -0.467 e. The highest BCUT2D eigenvalue weighted by Crippen LogP contribution is 2.34. The van der Waals surface area contributed by atoms with Gasteiger partial charge in [-0.1, -0.05) is 37.7 Å². The summed E-state index contributed by atoms with van der Waals surface area (Å²) in [5.74, 6) is 0.995. The van der Waals surface area contributed by atoms with E-state index in [2.05, 4.69) is 19.2 Å². The van der Waals surface area contributed by atoms with Gasteiger partial charge in [-0.05, 0) is 47.7 Å². The Kier molecular flexibility index (Phi) is 7.21. The van der Waals surface area contributed by atoms with Gasteiger partial charge >= 0.3 is 0 Å². The summed E-state index contributed by atoms with van der Waals surface area (Å²) in [4.78, 5) is 46.6. The Balaban J connectivity index is 1.42. The van der Waals surface area contributed by atoms with E-state index in [0.717, 1.165) is 16.1 Å². The number of nitrogens with one attached hydrogen (secondary N) is 1. The second-order valence-corrected chi connectivity index (χ2v) is 11.4. The Bertz CT molecular complexity index is 1500. The number of carbonyl (C=O) groups excluding carboxylic acids is 2. The fourth-order valence-electron chi connectivity index (χ4n) is 4.41. The SMILES string of the molecule is CC(=O)N1CCc2c(sc3nc(SCC(=O)Nc4ccc(C(C)C)cc4)n(Cc4ccco4)c(=O)c23)C1. The summed E-state index contributed by atoms with van der Waals surface area (Å²) in [5, 5.41) is 3.99. The second kappa shape index (κ2) is 10.5. The molecule has 192 valence electrons. The van der Waals surface area contributed by atoms with Crippen molar-refractivity contribution in [2.24, 2.45) is 0 Å². The van der Waals surface area contributed by atoms with Crippen LogP contribution in [0.3, 0.4) is 0 Å². The Morgan fingerprint density at radius 1 is 1.22 bits per heavy atom. The monoisotopic (exact) mass is 536 g/mol.